The molecule has 2 rings (SSSR count). The van der Waals surface area contributed by atoms with Crippen LogP contribution in [0.5, 0.6) is 0 Å². The molecule has 14 heavy (non-hydrogen) atoms. The molecule has 1 heterocycles. The molecule has 3 unspecified atom stereocenters. The first-order valence-corrected chi connectivity index (χ1v) is 5.68. The molecule has 1 fully saturated rings. The summed E-state index contributed by atoms with van der Waals surface area (Å²) in [5, 5.41) is 10.7. The Morgan fingerprint density at radius 1 is 1.50 bits per heavy atom. The molecule has 2 nitrogen and oxygen atoms in total. The maximum absolute atomic E-state index is 10.7. The van der Waals surface area contributed by atoms with Crippen molar-refractivity contribution >= 4 is 0 Å². The molecule has 2 heteroatoms. The van der Waals surface area contributed by atoms with Crippen LogP contribution in [0.1, 0.15) is 39.5 Å². The van der Waals surface area contributed by atoms with Crippen LogP contribution in [0, 0.1) is 11.8 Å². The van der Waals surface area contributed by atoms with Gasteiger partial charge in [-0.3, -0.25) is 0 Å². The molecule has 1 N–H and O–H groups in total. The maximum atomic E-state index is 10.7. The highest BCUT2D eigenvalue weighted by Gasteiger charge is 2.43. The molecule has 0 radical (unpaired) electrons. The molecule has 0 bridgehead atoms. The molecule has 1 aliphatic carbocycles. The fraction of sp³-hybridized carbons (Fsp3) is 0.833. The van der Waals surface area contributed by atoms with Gasteiger partial charge in [0.15, 0.2) is 0 Å². The Morgan fingerprint density at radius 3 is 2.93 bits per heavy atom. The van der Waals surface area contributed by atoms with Crippen LogP contribution < -0.4 is 0 Å². The van der Waals surface area contributed by atoms with Crippen molar-refractivity contribution in [1.82, 2.24) is 0 Å². The quantitative estimate of drug-likeness (QED) is 0.698. The standard InChI is InChI=1S/C12H20O2/c1-9-4-3-6-12(13,10(9)2)11-5-7-14-8-11/h8-10,13H,3-7H2,1-2H3. The predicted molar refractivity (Wildman–Crippen MR) is 55.8 cm³/mol. The molecular weight excluding hydrogens is 176 g/mol. The number of hydrogen-bond acceptors (Lipinski definition) is 2. The van der Waals surface area contributed by atoms with Crippen LogP contribution >= 0.6 is 0 Å². The van der Waals surface area contributed by atoms with E-state index in [0.29, 0.717) is 11.8 Å². The van der Waals surface area contributed by atoms with Gasteiger partial charge in [-0.15, -0.1) is 0 Å². The minimum absolute atomic E-state index is 0.365. The van der Waals surface area contributed by atoms with Gasteiger partial charge >= 0.3 is 0 Å². The lowest BCUT2D eigenvalue weighted by Crippen LogP contribution is -2.44. The van der Waals surface area contributed by atoms with Crippen LogP contribution in [-0.2, 0) is 4.74 Å². The summed E-state index contributed by atoms with van der Waals surface area (Å²) in [6.45, 7) is 5.16. The van der Waals surface area contributed by atoms with Gasteiger partial charge in [-0.05, 0) is 30.3 Å². The van der Waals surface area contributed by atoms with Crippen LogP contribution in [0.15, 0.2) is 11.8 Å². The van der Waals surface area contributed by atoms with E-state index in [0.717, 1.165) is 31.4 Å². The third kappa shape index (κ3) is 1.46. The van der Waals surface area contributed by atoms with Gasteiger partial charge in [-0.25, -0.2) is 0 Å². The first-order valence-electron chi connectivity index (χ1n) is 5.68. The van der Waals surface area contributed by atoms with Crippen molar-refractivity contribution in [2.24, 2.45) is 11.8 Å². The summed E-state index contributed by atoms with van der Waals surface area (Å²) in [5.74, 6) is 0.986. The molecule has 0 saturated heterocycles. The van der Waals surface area contributed by atoms with Crippen LogP contribution in [0.25, 0.3) is 0 Å². The fourth-order valence-corrected chi connectivity index (χ4v) is 2.80. The molecule has 3 atom stereocenters. The second-order valence-corrected chi connectivity index (χ2v) is 4.85. The van der Waals surface area contributed by atoms with E-state index in [2.05, 4.69) is 13.8 Å². The van der Waals surface area contributed by atoms with Gasteiger partial charge in [-0.1, -0.05) is 20.3 Å². The van der Waals surface area contributed by atoms with E-state index < -0.39 is 5.60 Å². The predicted octanol–water partition coefficient (Wildman–Crippen LogP) is 2.48. The Balaban J connectivity index is 2.19. The second-order valence-electron chi connectivity index (χ2n) is 4.85. The fourth-order valence-electron chi connectivity index (χ4n) is 2.80. The Labute approximate surface area is 86.0 Å². The Hall–Kier alpha value is -0.500. The zero-order valence-electron chi connectivity index (χ0n) is 9.12. The lowest BCUT2D eigenvalue weighted by atomic mass is 9.67. The van der Waals surface area contributed by atoms with E-state index >= 15 is 0 Å². The summed E-state index contributed by atoms with van der Waals surface area (Å²) in [7, 11) is 0. The number of aliphatic hydroxyl groups is 1. The van der Waals surface area contributed by atoms with E-state index in [1.54, 1.807) is 6.26 Å². The summed E-state index contributed by atoms with van der Waals surface area (Å²) in [6, 6.07) is 0. The van der Waals surface area contributed by atoms with E-state index in [1.807, 2.05) is 0 Å². The van der Waals surface area contributed by atoms with Gasteiger partial charge < -0.3 is 9.84 Å². The molecule has 0 aromatic carbocycles. The number of ether oxygens (including phenoxy) is 1. The molecule has 0 aromatic heterocycles. The summed E-state index contributed by atoms with van der Waals surface area (Å²) >= 11 is 0. The monoisotopic (exact) mass is 196 g/mol. The SMILES string of the molecule is CC1CCCC(O)(C2=COCC2)C1C. The van der Waals surface area contributed by atoms with Crippen molar-refractivity contribution in [2.45, 2.75) is 45.1 Å². The van der Waals surface area contributed by atoms with Crippen molar-refractivity contribution in [2.75, 3.05) is 6.61 Å². The van der Waals surface area contributed by atoms with Gasteiger partial charge in [0.1, 0.15) is 0 Å². The third-order valence-electron chi connectivity index (χ3n) is 4.10. The largest absolute Gasteiger partial charge is 0.501 e. The first-order chi connectivity index (χ1) is 6.64. The average molecular weight is 196 g/mol. The van der Waals surface area contributed by atoms with Crippen LogP contribution in [0.4, 0.5) is 0 Å². The molecule has 1 aliphatic heterocycles. The lowest BCUT2D eigenvalue weighted by Gasteiger charge is -2.42. The van der Waals surface area contributed by atoms with Crippen molar-refractivity contribution in [3.8, 4) is 0 Å². The van der Waals surface area contributed by atoms with E-state index in [9.17, 15) is 5.11 Å². The molecule has 2 aliphatic rings. The Bertz CT molecular complexity index is 247. The van der Waals surface area contributed by atoms with E-state index in [-0.39, 0.29) is 0 Å². The van der Waals surface area contributed by atoms with Crippen LogP contribution in [0.2, 0.25) is 0 Å². The third-order valence-corrected chi connectivity index (χ3v) is 4.10. The maximum Gasteiger partial charge on any atom is 0.0918 e. The van der Waals surface area contributed by atoms with Gasteiger partial charge in [0.25, 0.3) is 0 Å². The zero-order valence-corrected chi connectivity index (χ0v) is 9.12. The van der Waals surface area contributed by atoms with Crippen LogP contribution in [0.3, 0.4) is 0 Å². The topological polar surface area (TPSA) is 29.5 Å². The lowest BCUT2D eigenvalue weighted by molar-refractivity contribution is -0.0329. The summed E-state index contributed by atoms with van der Waals surface area (Å²) in [4.78, 5) is 0. The highest BCUT2D eigenvalue weighted by atomic mass is 16.5. The Morgan fingerprint density at radius 2 is 2.29 bits per heavy atom. The van der Waals surface area contributed by atoms with Gasteiger partial charge in [0, 0.05) is 6.42 Å². The van der Waals surface area contributed by atoms with Crippen molar-refractivity contribution in [3.63, 3.8) is 0 Å². The zero-order chi connectivity index (χ0) is 10.2. The van der Waals surface area contributed by atoms with Crippen molar-refractivity contribution in [1.29, 1.82) is 0 Å². The van der Waals surface area contributed by atoms with Gasteiger partial charge in [-0.2, -0.15) is 0 Å². The summed E-state index contributed by atoms with van der Waals surface area (Å²) < 4.78 is 5.24. The Kier molecular flexibility index (Phi) is 2.56. The molecule has 1 saturated carbocycles. The normalized spacial score (nSPS) is 43.2. The van der Waals surface area contributed by atoms with Gasteiger partial charge in [0.2, 0.25) is 0 Å². The summed E-state index contributed by atoms with van der Waals surface area (Å²) in [6.07, 6.45) is 5.99. The molecule has 0 aromatic rings. The number of hydrogen-bond donors (Lipinski definition) is 1. The molecule has 0 amide bonds. The minimum Gasteiger partial charge on any atom is -0.501 e. The summed E-state index contributed by atoms with van der Waals surface area (Å²) in [5.41, 5.74) is 0.547. The van der Waals surface area contributed by atoms with E-state index in [1.165, 1.54) is 6.42 Å². The highest BCUT2D eigenvalue weighted by Crippen LogP contribution is 2.43. The van der Waals surface area contributed by atoms with Gasteiger partial charge in [0.05, 0.1) is 18.5 Å². The smallest absolute Gasteiger partial charge is 0.0918 e. The minimum atomic E-state index is -0.575. The first kappa shape index (κ1) is 10.0. The molecule has 0 spiro atoms. The van der Waals surface area contributed by atoms with Crippen LogP contribution in [-0.4, -0.2) is 17.3 Å². The molecular formula is C12H20O2. The second kappa shape index (κ2) is 3.58. The highest BCUT2D eigenvalue weighted by molar-refractivity contribution is 5.20. The van der Waals surface area contributed by atoms with E-state index in [4.69, 9.17) is 4.74 Å². The average Bonchev–Trinajstić information content (AvgIpc) is 2.67. The number of rotatable bonds is 1. The van der Waals surface area contributed by atoms with Crippen molar-refractivity contribution < 1.29 is 9.84 Å². The molecule has 80 valence electrons. The van der Waals surface area contributed by atoms with Crippen molar-refractivity contribution in [3.05, 3.63) is 11.8 Å².